The number of hydrogen-bond acceptors (Lipinski definition) is 6. The third kappa shape index (κ3) is 3.08. The maximum atomic E-state index is 10.9. The predicted molar refractivity (Wildman–Crippen MR) is 87.2 cm³/mol. The molecule has 1 atom stereocenters. The van der Waals surface area contributed by atoms with Crippen molar-refractivity contribution in [3.8, 4) is 0 Å². The summed E-state index contributed by atoms with van der Waals surface area (Å²) in [6.45, 7) is 3.75. The minimum absolute atomic E-state index is 0.0732. The molecule has 23 heavy (non-hydrogen) atoms. The molecule has 0 saturated heterocycles. The van der Waals surface area contributed by atoms with Crippen molar-refractivity contribution in [2.75, 3.05) is 5.32 Å². The number of aromatic nitrogens is 3. The number of non-ortho nitro benzene ring substituents is 1. The average molecular weight is 309 g/mol. The number of nitrogens with zero attached hydrogens (tertiary/aromatic N) is 4. The monoisotopic (exact) mass is 309 g/mol. The van der Waals surface area contributed by atoms with Gasteiger partial charge in [0, 0.05) is 23.7 Å². The first kappa shape index (κ1) is 14.8. The van der Waals surface area contributed by atoms with Crippen molar-refractivity contribution < 1.29 is 4.92 Å². The van der Waals surface area contributed by atoms with Gasteiger partial charge in [0.25, 0.3) is 5.69 Å². The highest BCUT2D eigenvalue weighted by molar-refractivity contribution is 5.88. The molecule has 0 spiro atoms. The minimum atomic E-state index is -0.397. The third-order valence-corrected chi connectivity index (χ3v) is 3.55. The van der Waals surface area contributed by atoms with E-state index in [0.29, 0.717) is 11.6 Å². The molecule has 2 aromatic heterocycles. The van der Waals surface area contributed by atoms with Gasteiger partial charge in [-0.3, -0.25) is 15.1 Å². The lowest BCUT2D eigenvalue weighted by Gasteiger charge is -2.16. The van der Waals surface area contributed by atoms with Crippen molar-refractivity contribution in [2.45, 2.75) is 19.9 Å². The Balaban J connectivity index is 1.95. The van der Waals surface area contributed by atoms with E-state index in [2.05, 4.69) is 20.3 Å². The molecule has 0 aliphatic rings. The van der Waals surface area contributed by atoms with Gasteiger partial charge in [0.1, 0.15) is 11.6 Å². The summed E-state index contributed by atoms with van der Waals surface area (Å²) in [7, 11) is 0. The molecule has 0 aliphatic heterocycles. The van der Waals surface area contributed by atoms with Crippen molar-refractivity contribution >= 4 is 22.4 Å². The summed E-state index contributed by atoms with van der Waals surface area (Å²) < 4.78 is 0. The second kappa shape index (κ2) is 5.96. The number of pyridine rings is 1. The summed E-state index contributed by atoms with van der Waals surface area (Å²) in [5.41, 5.74) is 1.65. The minimum Gasteiger partial charge on any atom is -0.363 e. The topological polar surface area (TPSA) is 93.8 Å². The molecule has 0 unspecified atom stereocenters. The van der Waals surface area contributed by atoms with Crippen LogP contribution in [0.25, 0.3) is 10.9 Å². The molecule has 0 fully saturated rings. The maximum Gasteiger partial charge on any atom is 0.269 e. The first-order valence-electron chi connectivity index (χ1n) is 7.14. The maximum absolute atomic E-state index is 10.9. The number of nitro benzene ring substituents is 1. The van der Waals surface area contributed by atoms with E-state index in [9.17, 15) is 10.1 Å². The van der Waals surface area contributed by atoms with Crippen LogP contribution in [0.3, 0.4) is 0 Å². The van der Waals surface area contributed by atoms with E-state index >= 15 is 0 Å². The Morgan fingerprint density at radius 1 is 1.26 bits per heavy atom. The van der Waals surface area contributed by atoms with E-state index in [1.54, 1.807) is 24.5 Å². The molecule has 0 radical (unpaired) electrons. The van der Waals surface area contributed by atoms with Gasteiger partial charge in [0.05, 0.1) is 22.7 Å². The normalized spacial score (nSPS) is 12.1. The smallest absolute Gasteiger partial charge is 0.269 e. The van der Waals surface area contributed by atoms with Gasteiger partial charge < -0.3 is 5.32 Å². The van der Waals surface area contributed by atoms with Gasteiger partial charge in [0.15, 0.2) is 0 Å². The van der Waals surface area contributed by atoms with Crippen LogP contribution in [0.2, 0.25) is 0 Å². The van der Waals surface area contributed by atoms with Crippen molar-refractivity contribution in [3.05, 3.63) is 64.2 Å². The molecule has 3 rings (SSSR count). The first-order chi connectivity index (χ1) is 11.0. The second-order valence-electron chi connectivity index (χ2n) is 5.23. The Morgan fingerprint density at radius 2 is 2.09 bits per heavy atom. The Kier molecular flexibility index (Phi) is 3.84. The summed E-state index contributed by atoms with van der Waals surface area (Å²) in [4.78, 5) is 23.4. The van der Waals surface area contributed by atoms with Gasteiger partial charge in [-0.15, -0.1) is 0 Å². The molecule has 0 saturated carbocycles. The third-order valence-electron chi connectivity index (χ3n) is 3.55. The summed E-state index contributed by atoms with van der Waals surface area (Å²) in [6.07, 6.45) is 3.37. The van der Waals surface area contributed by atoms with Crippen molar-refractivity contribution in [2.24, 2.45) is 0 Å². The first-order valence-corrected chi connectivity index (χ1v) is 7.14. The van der Waals surface area contributed by atoms with Crippen LogP contribution >= 0.6 is 0 Å². The molecule has 7 heteroatoms. The zero-order valence-electron chi connectivity index (χ0n) is 12.7. The van der Waals surface area contributed by atoms with Crippen molar-refractivity contribution in [1.82, 2.24) is 15.0 Å². The van der Waals surface area contributed by atoms with E-state index in [0.717, 1.165) is 16.5 Å². The van der Waals surface area contributed by atoms with E-state index in [-0.39, 0.29) is 11.7 Å². The Hall–Kier alpha value is -3.09. The molecular formula is C16H15N5O2. The standard InChI is InChI=1S/C16H15N5O2/c1-10(12-4-3-5-13(8-12)21(22)23)18-16-14-6-7-17-9-15(14)19-11(2)20-16/h3-10H,1-2H3,(H,18,19,20)/t10-/m1/s1. The summed E-state index contributed by atoms with van der Waals surface area (Å²) >= 11 is 0. The van der Waals surface area contributed by atoms with Crippen LogP contribution in [0.4, 0.5) is 11.5 Å². The average Bonchev–Trinajstić information content (AvgIpc) is 2.54. The van der Waals surface area contributed by atoms with Gasteiger partial charge >= 0.3 is 0 Å². The van der Waals surface area contributed by atoms with E-state index in [1.807, 2.05) is 26.0 Å². The molecule has 2 heterocycles. The van der Waals surface area contributed by atoms with Crippen molar-refractivity contribution in [3.63, 3.8) is 0 Å². The fraction of sp³-hybridized carbons (Fsp3) is 0.188. The van der Waals surface area contributed by atoms with Crippen LogP contribution in [0.1, 0.15) is 24.4 Å². The van der Waals surface area contributed by atoms with E-state index in [1.165, 1.54) is 6.07 Å². The number of hydrogen-bond donors (Lipinski definition) is 1. The van der Waals surface area contributed by atoms with Crippen LogP contribution in [0, 0.1) is 17.0 Å². The van der Waals surface area contributed by atoms with Gasteiger partial charge in [0.2, 0.25) is 0 Å². The zero-order valence-corrected chi connectivity index (χ0v) is 12.7. The number of fused-ring (bicyclic) bond motifs is 1. The molecule has 0 amide bonds. The molecule has 116 valence electrons. The highest BCUT2D eigenvalue weighted by atomic mass is 16.6. The Bertz CT molecular complexity index is 881. The van der Waals surface area contributed by atoms with Crippen LogP contribution < -0.4 is 5.32 Å². The van der Waals surface area contributed by atoms with Gasteiger partial charge in [-0.2, -0.15) is 0 Å². The molecule has 1 N–H and O–H groups in total. The van der Waals surface area contributed by atoms with Crippen LogP contribution in [-0.4, -0.2) is 19.9 Å². The van der Waals surface area contributed by atoms with Crippen LogP contribution in [0.5, 0.6) is 0 Å². The molecule has 0 aliphatic carbocycles. The quantitative estimate of drug-likeness (QED) is 0.586. The van der Waals surface area contributed by atoms with Crippen molar-refractivity contribution in [1.29, 1.82) is 0 Å². The van der Waals surface area contributed by atoms with Crippen LogP contribution in [0.15, 0.2) is 42.7 Å². The molecule has 0 bridgehead atoms. The lowest BCUT2D eigenvalue weighted by Crippen LogP contribution is -2.10. The summed E-state index contributed by atoms with van der Waals surface area (Å²) in [5, 5.41) is 15.1. The zero-order chi connectivity index (χ0) is 16.4. The fourth-order valence-electron chi connectivity index (χ4n) is 2.40. The lowest BCUT2D eigenvalue weighted by atomic mass is 10.1. The number of nitrogens with one attached hydrogen (secondary N) is 1. The lowest BCUT2D eigenvalue weighted by molar-refractivity contribution is -0.384. The number of benzene rings is 1. The summed E-state index contributed by atoms with van der Waals surface area (Å²) in [6, 6.07) is 8.28. The number of anilines is 1. The fourth-order valence-corrected chi connectivity index (χ4v) is 2.40. The number of rotatable bonds is 4. The second-order valence-corrected chi connectivity index (χ2v) is 5.23. The van der Waals surface area contributed by atoms with Gasteiger partial charge in [-0.25, -0.2) is 9.97 Å². The van der Waals surface area contributed by atoms with Gasteiger partial charge in [-0.05, 0) is 25.5 Å². The SMILES string of the molecule is Cc1nc(N[C@H](C)c2cccc([N+](=O)[O-])c2)c2ccncc2n1. The highest BCUT2D eigenvalue weighted by Crippen LogP contribution is 2.25. The van der Waals surface area contributed by atoms with E-state index in [4.69, 9.17) is 0 Å². The Labute approximate surface area is 132 Å². The number of nitro groups is 1. The van der Waals surface area contributed by atoms with Gasteiger partial charge in [-0.1, -0.05) is 12.1 Å². The van der Waals surface area contributed by atoms with E-state index < -0.39 is 4.92 Å². The largest absolute Gasteiger partial charge is 0.363 e. The van der Waals surface area contributed by atoms with Crippen LogP contribution in [-0.2, 0) is 0 Å². The molecule has 1 aromatic carbocycles. The number of aryl methyl sites for hydroxylation is 1. The molecule has 7 nitrogen and oxygen atoms in total. The Morgan fingerprint density at radius 3 is 2.87 bits per heavy atom. The summed E-state index contributed by atoms with van der Waals surface area (Å²) in [5.74, 6) is 1.33. The molecule has 3 aromatic rings. The predicted octanol–water partition coefficient (Wildman–Crippen LogP) is 3.41. The molecular weight excluding hydrogens is 294 g/mol. The highest BCUT2D eigenvalue weighted by Gasteiger charge is 2.13.